The Labute approximate surface area is 156 Å². The van der Waals surface area contributed by atoms with Crippen molar-refractivity contribution >= 4 is 23.1 Å². The summed E-state index contributed by atoms with van der Waals surface area (Å²) in [6, 6.07) is 0.913. The van der Waals surface area contributed by atoms with Gasteiger partial charge in [-0.05, 0) is 18.9 Å². The SMILES string of the molecule is O=C(Nc1cncc(F)c1)c1cnn2ccc(N3CCC[C@H]3C(F)(F)F)nc12. The number of carbonyl (C=O) groups excluding carboxylic acids is 1. The normalized spacial score (nSPS) is 17.3. The molecule has 4 heterocycles. The molecule has 7 nitrogen and oxygen atoms in total. The van der Waals surface area contributed by atoms with Crippen molar-refractivity contribution in [3.63, 3.8) is 0 Å². The van der Waals surface area contributed by atoms with Gasteiger partial charge >= 0.3 is 6.18 Å². The number of aromatic nitrogens is 4. The fourth-order valence-corrected chi connectivity index (χ4v) is 3.24. The van der Waals surface area contributed by atoms with Crippen LogP contribution in [0, 0.1) is 5.82 Å². The maximum absolute atomic E-state index is 13.2. The summed E-state index contributed by atoms with van der Waals surface area (Å²) in [7, 11) is 0. The van der Waals surface area contributed by atoms with E-state index in [1.807, 2.05) is 0 Å². The monoisotopic (exact) mass is 394 g/mol. The largest absolute Gasteiger partial charge is 0.408 e. The molecular weight excluding hydrogens is 380 g/mol. The fourth-order valence-electron chi connectivity index (χ4n) is 3.24. The van der Waals surface area contributed by atoms with E-state index in [2.05, 4.69) is 20.4 Å². The molecule has 1 atom stereocenters. The lowest BCUT2D eigenvalue weighted by Gasteiger charge is -2.27. The predicted octanol–water partition coefficient (Wildman–Crippen LogP) is 3.05. The molecule has 1 N–H and O–H groups in total. The van der Waals surface area contributed by atoms with Gasteiger partial charge in [-0.1, -0.05) is 0 Å². The maximum Gasteiger partial charge on any atom is 0.408 e. The summed E-state index contributed by atoms with van der Waals surface area (Å²) in [4.78, 5) is 21.6. The molecule has 146 valence electrons. The highest BCUT2D eigenvalue weighted by atomic mass is 19.4. The molecule has 28 heavy (non-hydrogen) atoms. The average molecular weight is 394 g/mol. The van der Waals surface area contributed by atoms with Gasteiger partial charge in [0.1, 0.15) is 23.2 Å². The lowest BCUT2D eigenvalue weighted by atomic mass is 10.2. The Kier molecular flexibility index (Phi) is 4.36. The molecule has 1 aliphatic rings. The van der Waals surface area contributed by atoms with Crippen LogP contribution in [0.3, 0.4) is 0 Å². The minimum Gasteiger partial charge on any atom is -0.344 e. The first-order valence-electron chi connectivity index (χ1n) is 8.42. The number of halogens is 4. The Morgan fingerprint density at radius 3 is 2.82 bits per heavy atom. The predicted molar refractivity (Wildman–Crippen MR) is 91.6 cm³/mol. The molecule has 0 unspecified atom stereocenters. The van der Waals surface area contributed by atoms with E-state index in [1.165, 1.54) is 34.1 Å². The van der Waals surface area contributed by atoms with Crippen molar-refractivity contribution in [2.75, 3.05) is 16.8 Å². The van der Waals surface area contributed by atoms with E-state index in [0.29, 0.717) is 6.42 Å². The second kappa shape index (κ2) is 6.73. The molecule has 0 spiro atoms. The van der Waals surface area contributed by atoms with Crippen molar-refractivity contribution < 1.29 is 22.4 Å². The number of amides is 1. The molecule has 0 radical (unpaired) electrons. The zero-order valence-corrected chi connectivity index (χ0v) is 14.3. The van der Waals surface area contributed by atoms with Crippen LogP contribution < -0.4 is 10.2 Å². The van der Waals surface area contributed by atoms with E-state index < -0.39 is 23.9 Å². The zero-order chi connectivity index (χ0) is 19.9. The lowest BCUT2D eigenvalue weighted by Crippen LogP contribution is -2.41. The van der Waals surface area contributed by atoms with Crippen LogP contribution in [-0.2, 0) is 0 Å². The second-order valence-electron chi connectivity index (χ2n) is 6.35. The average Bonchev–Trinajstić information content (AvgIpc) is 3.28. The molecule has 11 heteroatoms. The van der Waals surface area contributed by atoms with Gasteiger partial charge in [-0.25, -0.2) is 13.9 Å². The summed E-state index contributed by atoms with van der Waals surface area (Å²) in [5.74, 6) is -1.12. The smallest absolute Gasteiger partial charge is 0.344 e. The van der Waals surface area contributed by atoms with Crippen LogP contribution in [0.25, 0.3) is 5.65 Å². The third-order valence-corrected chi connectivity index (χ3v) is 4.49. The van der Waals surface area contributed by atoms with E-state index in [4.69, 9.17) is 0 Å². The third-order valence-electron chi connectivity index (χ3n) is 4.49. The first-order chi connectivity index (χ1) is 13.3. The Hall–Kier alpha value is -3.24. The van der Waals surface area contributed by atoms with E-state index in [9.17, 15) is 22.4 Å². The third kappa shape index (κ3) is 3.35. The van der Waals surface area contributed by atoms with Crippen molar-refractivity contribution in [3.05, 3.63) is 48.3 Å². The quantitative estimate of drug-likeness (QED) is 0.691. The van der Waals surface area contributed by atoms with Crippen molar-refractivity contribution in [3.8, 4) is 0 Å². The summed E-state index contributed by atoms with van der Waals surface area (Å²) < 4.78 is 54.3. The van der Waals surface area contributed by atoms with Gasteiger partial charge in [0.05, 0.1) is 24.3 Å². The van der Waals surface area contributed by atoms with Crippen LogP contribution in [0.15, 0.2) is 36.9 Å². The number of carbonyl (C=O) groups is 1. The van der Waals surface area contributed by atoms with Gasteiger partial charge in [-0.3, -0.25) is 9.78 Å². The Morgan fingerprint density at radius 2 is 2.07 bits per heavy atom. The van der Waals surface area contributed by atoms with Crippen LogP contribution in [0.4, 0.5) is 29.1 Å². The van der Waals surface area contributed by atoms with Crippen LogP contribution in [0.5, 0.6) is 0 Å². The molecule has 1 saturated heterocycles. The molecule has 0 aliphatic carbocycles. The highest BCUT2D eigenvalue weighted by Crippen LogP contribution is 2.35. The minimum atomic E-state index is -4.37. The summed E-state index contributed by atoms with van der Waals surface area (Å²) >= 11 is 0. The molecule has 1 fully saturated rings. The number of fused-ring (bicyclic) bond motifs is 1. The van der Waals surface area contributed by atoms with E-state index in [0.717, 1.165) is 12.3 Å². The molecular formula is C17H14F4N6O. The highest BCUT2D eigenvalue weighted by Gasteiger charge is 2.46. The summed E-state index contributed by atoms with van der Waals surface area (Å²) in [6.45, 7) is 0.220. The van der Waals surface area contributed by atoms with Gasteiger partial charge in [0.15, 0.2) is 5.65 Å². The minimum absolute atomic E-state index is 0.00443. The summed E-state index contributed by atoms with van der Waals surface area (Å²) in [5.41, 5.74) is 0.290. The number of nitrogens with zero attached hydrogens (tertiary/aromatic N) is 5. The van der Waals surface area contributed by atoms with E-state index >= 15 is 0 Å². The number of rotatable bonds is 3. The molecule has 0 bridgehead atoms. The number of anilines is 2. The zero-order valence-electron chi connectivity index (χ0n) is 14.3. The van der Waals surface area contributed by atoms with Gasteiger partial charge in [-0.15, -0.1) is 0 Å². The molecule has 4 rings (SSSR count). The first-order valence-corrected chi connectivity index (χ1v) is 8.42. The molecule has 3 aromatic heterocycles. The molecule has 0 saturated carbocycles. The van der Waals surface area contributed by atoms with Gasteiger partial charge in [-0.2, -0.15) is 18.3 Å². The van der Waals surface area contributed by atoms with Crippen molar-refractivity contribution in [2.45, 2.75) is 25.1 Å². The van der Waals surface area contributed by atoms with Crippen LogP contribution in [-0.4, -0.2) is 44.3 Å². The Bertz CT molecular complexity index is 1030. The van der Waals surface area contributed by atoms with E-state index in [-0.39, 0.29) is 35.7 Å². The molecule has 1 aliphatic heterocycles. The van der Waals surface area contributed by atoms with Crippen molar-refractivity contribution in [1.82, 2.24) is 19.6 Å². The molecule has 3 aromatic rings. The topological polar surface area (TPSA) is 75.4 Å². The molecule has 0 aromatic carbocycles. The summed E-state index contributed by atoms with van der Waals surface area (Å²) in [6.07, 6.45) is 0.986. The Morgan fingerprint density at radius 1 is 1.25 bits per heavy atom. The van der Waals surface area contributed by atoms with Gasteiger partial charge < -0.3 is 10.2 Å². The number of hydrogen-bond acceptors (Lipinski definition) is 5. The second-order valence-corrected chi connectivity index (χ2v) is 6.35. The maximum atomic E-state index is 13.2. The molecule has 1 amide bonds. The standard InChI is InChI=1S/C17H14F4N6O/c18-10-6-11(8-22-7-10)24-16(28)12-9-23-27-5-3-14(25-15(12)27)26-4-1-2-13(26)17(19,20)21/h3,5-9,13H,1-2,4H2,(H,24,28)/t13-/m0/s1. The number of pyridine rings is 1. The summed E-state index contributed by atoms with van der Waals surface area (Å²) in [5, 5.41) is 6.47. The van der Waals surface area contributed by atoms with Crippen LogP contribution >= 0.6 is 0 Å². The van der Waals surface area contributed by atoms with Crippen molar-refractivity contribution in [2.24, 2.45) is 0 Å². The van der Waals surface area contributed by atoms with Gasteiger partial charge in [0.2, 0.25) is 0 Å². The van der Waals surface area contributed by atoms with E-state index in [1.54, 1.807) is 0 Å². The fraction of sp³-hybridized carbons (Fsp3) is 0.294. The van der Waals surface area contributed by atoms with Crippen LogP contribution in [0.1, 0.15) is 23.2 Å². The van der Waals surface area contributed by atoms with Gasteiger partial charge in [0.25, 0.3) is 5.91 Å². The Balaban J connectivity index is 1.66. The first kappa shape index (κ1) is 18.1. The number of nitrogens with one attached hydrogen (secondary N) is 1. The lowest BCUT2D eigenvalue weighted by molar-refractivity contribution is -0.146. The van der Waals surface area contributed by atoms with Crippen molar-refractivity contribution in [1.29, 1.82) is 0 Å². The number of hydrogen-bond donors (Lipinski definition) is 1. The highest BCUT2D eigenvalue weighted by molar-refractivity contribution is 6.08. The number of alkyl halides is 3. The van der Waals surface area contributed by atoms with Crippen LogP contribution in [0.2, 0.25) is 0 Å². The van der Waals surface area contributed by atoms with Gasteiger partial charge in [0, 0.05) is 18.8 Å².